The summed E-state index contributed by atoms with van der Waals surface area (Å²) in [5.74, 6) is 0.141. The molecule has 0 bridgehead atoms. The van der Waals surface area contributed by atoms with E-state index in [0.717, 1.165) is 17.7 Å². The summed E-state index contributed by atoms with van der Waals surface area (Å²) in [6.45, 7) is 5.50. The molecule has 2 aromatic rings. The minimum atomic E-state index is -0.879. The summed E-state index contributed by atoms with van der Waals surface area (Å²) < 4.78 is 0. The van der Waals surface area contributed by atoms with Gasteiger partial charge in [-0.1, -0.05) is 56.3 Å². The Morgan fingerprint density at radius 1 is 1.00 bits per heavy atom. The molecule has 1 aliphatic carbocycles. The molecule has 2 amide bonds. The average Bonchev–Trinajstić information content (AvgIpc) is 3.49. The Hall–Kier alpha value is -2.62. The molecule has 0 saturated heterocycles. The van der Waals surface area contributed by atoms with Gasteiger partial charge >= 0.3 is 0 Å². The summed E-state index contributed by atoms with van der Waals surface area (Å²) in [5, 5.41) is 3.05. The summed E-state index contributed by atoms with van der Waals surface area (Å²) in [4.78, 5) is 28.1. The fraction of sp³-hybridized carbons (Fsp3) is 0.391. The van der Waals surface area contributed by atoms with E-state index in [2.05, 4.69) is 31.3 Å². The van der Waals surface area contributed by atoms with Crippen molar-refractivity contribution in [3.8, 4) is 0 Å². The molecule has 4 nitrogen and oxygen atoms in total. The fourth-order valence-electron chi connectivity index (χ4n) is 3.99. The van der Waals surface area contributed by atoms with Crippen molar-refractivity contribution in [2.45, 2.75) is 45.6 Å². The summed E-state index contributed by atoms with van der Waals surface area (Å²) >= 11 is 0. The van der Waals surface area contributed by atoms with Crippen LogP contribution in [0.25, 0.3) is 0 Å². The highest BCUT2D eigenvalue weighted by Crippen LogP contribution is 2.49. The van der Waals surface area contributed by atoms with Gasteiger partial charge in [0.2, 0.25) is 11.8 Å². The molecule has 0 atom stereocenters. The van der Waals surface area contributed by atoms with Gasteiger partial charge in [0.1, 0.15) is 5.41 Å². The maximum Gasteiger partial charge on any atom is 0.240 e. The smallest absolute Gasteiger partial charge is 0.240 e. The first kappa shape index (κ1) is 17.8. The number of para-hydroxylation sites is 1. The molecule has 2 aliphatic rings. The third kappa shape index (κ3) is 3.25. The van der Waals surface area contributed by atoms with Gasteiger partial charge in [0, 0.05) is 18.8 Å². The van der Waals surface area contributed by atoms with E-state index >= 15 is 0 Å². The van der Waals surface area contributed by atoms with Crippen molar-refractivity contribution in [2.24, 2.45) is 5.41 Å². The monoisotopic (exact) mass is 362 g/mol. The molecule has 1 saturated carbocycles. The Morgan fingerprint density at radius 3 is 2.37 bits per heavy atom. The molecule has 140 valence electrons. The predicted octanol–water partition coefficient (Wildman–Crippen LogP) is 4.11. The third-order valence-electron chi connectivity index (χ3n) is 5.84. The van der Waals surface area contributed by atoms with Gasteiger partial charge in [-0.2, -0.15) is 0 Å². The zero-order valence-corrected chi connectivity index (χ0v) is 16.0. The number of hydrogen-bond acceptors (Lipinski definition) is 2. The van der Waals surface area contributed by atoms with Crippen molar-refractivity contribution in [1.29, 1.82) is 0 Å². The largest absolute Gasteiger partial charge is 0.337 e. The summed E-state index contributed by atoms with van der Waals surface area (Å²) in [6.07, 6.45) is 2.13. The number of hydrogen-bond donors (Lipinski definition) is 1. The lowest BCUT2D eigenvalue weighted by atomic mass is 9.96. The van der Waals surface area contributed by atoms with Gasteiger partial charge < -0.3 is 10.2 Å². The van der Waals surface area contributed by atoms with Crippen molar-refractivity contribution in [2.75, 3.05) is 11.9 Å². The van der Waals surface area contributed by atoms with E-state index in [1.54, 1.807) is 0 Å². The molecule has 27 heavy (non-hydrogen) atoms. The maximum atomic E-state index is 13.2. The Balaban J connectivity index is 1.51. The molecule has 4 rings (SSSR count). The Morgan fingerprint density at radius 2 is 1.67 bits per heavy atom. The van der Waals surface area contributed by atoms with Gasteiger partial charge in [0.25, 0.3) is 0 Å². The first-order chi connectivity index (χ1) is 13.0. The lowest BCUT2D eigenvalue weighted by molar-refractivity contribution is -0.143. The first-order valence-corrected chi connectivity index (χ1v) is 9.78. The molecule has 0 radical (unpaired) electrons. The van der Waals surface area contributed by atoms with Crippen molar-refractivity contribution in [1.82, 2.24) is 4.90 Å². The van der Waals surface area contributed by atoms with Crippen LogP contribution in [0.15, 0.2) is 48.5 Å². The summed E-state index contributed by atoms with van der Waals surface area (Å²) in [7, 11) is 0. The van der Waals surface area contributed by atoms with E-state index in [9.17, 15) is 9.59 Å². The van der Waals surface area contributed by atoms with Gasteiger partial charge in [-0.25, -0.2) is 0 Å². The van der Waals surface area contributed by atoms with Crippen LogP contribution >= 0.6 is 0 Å². The fourth-order valence-corrected chi connectivity index (χ4v) is 3.99. The second-order valence-electron chi connectivity index (χ2n) is 8.02. The highest BCUT2D eigenvalue weighted by molar-refractivity contribution is 6.13. The highest BCUT2D eigenvalue weighted by atomic mass is 16.2. The Bertz CT molecular complexity index is 883. The standard InChI is InChI=1S/C23H26N2O2/c1-16(2)19-9-5-6-10-20(19)24-21(26)23(12-13-23)22(27)25-14-11-17-7-3-4-8-18(17)15-25/h3-10,16H,11-15H2,1-2H3,(H,24,26). The van der Waals surface area contributed by atoms with Gasteiger partial charge in [-0.15, -0.1) is 0 Å². The van der Waals surface area contributed by atoms with Gasteiger partial charge in [-0.3, -0.25) is 9.59 Å². The van der Waals surface area contributed by atoms with Crippen LogP contribution in [-0.2, 0) is 22.6 Å². The zero-order valence-electron chi connectivity index (χ0n) is 16.0. The van der Waals surface area contributed by atoms with E-state index in [-0.39, 0.29) is 11.8 Å². The second-order valence-corrected chi connectivity index (χ2v) is 8.02. The maximum absolute atomic E-state index is 13.2. The average molecular weight is 362 g/mol. The quantitative estimate of drug-likeness (QED) is 0.832. The Kier molecular flexibility index (Phi) is 4.50. The number of carbonyl (C=O) groups is 2. The van der Waals surface area contributed by atoms with Crippen LogP contribution in [0.2, 0.25) is 0 Å². The molecule has 1 N–H and O–H groups in total. The first-order valence-electron chi connectivity index (χ1n) is 9.78. The number of anilines is 1. The SMILES string of the molecule is CC(C)c1ccccc1NC(=O)C1(C(=O)N2CCc3ccccc3C2)CC1. The summed E-state index contributed by atoms with van der Waals surface area (Å²) in [6, 6.07) is 16.1. The number of amides is 2. The van der Waals surface area contributed by atoms with Crippen LogP contribution in [0, 0.1) is 5.41 Å². The van der Waals surface area contributed by atoms with Gasteiger partial charge in [0.15, 0.2) is 0 Å². The topological polar surface area (TPSA) is 49.4 Å². The van der Waals surface area contributed by atoms with E-state index in [1.807, 2.05) is 41.3 Å². The van der Waals surface area contributed by atoms with E-state index in [4.69, 9.17) is 0 Å². The van der Waals surface area contributed by atoms with Crippen LogP contribution in [0.4, 0.5) is 5.69 Å². The van der Waals surface area contributed by atoms with E-state index < -0.39 is 5.41 Å². The van der Waals surface area contributed by atoms with Crippen LogP contribution < -0.4 is 5.32 Å². The molecular formula is C23H26N2O2. The second kappa shape index (κ2) is 6.84. The normalized spacial score (nSPS) is 17.4. The van der Waals surface area contributed by atoms with Crippen LogP contribution in [0.5, 0.6) is 0 Å². The number of benzene rings is 2. The molecule has 0 aromatic heterocycles. The minimum absolute atomic E-state index is 0.0171. The number of nitrogens with one attached hydrogen (secondary N) is 1. The lowest BCUT2D eigenvalue weighted by Gasteiger charge is -2.31. The minimum Gasteiger partial charge on any atom is -0.337 e. The number of fused-ring (bicyclic) bond motifs is 1. The lowest BCUT2D eigenvalue weighted by Crippen LogP contribution is -2.45. The van der Waals surface area contributed by atoms with Crippen molar-refractivity contribution < 1.29 is 9.59 Å². The molecule has 4 heteroatoms. The molecule has 1 heterocycles. The van der Waals surface area contributed by atoms with Crippen LogP contribution in [-0.4, -0.2) is 23.3 Å². The van der Waals surface area contributed by atoms with Gasteiger partial charge in [-0.05, 0) is 47.9 Å². The number of nitrogens with zero attached hydrogens (tertiary/aromatic N) is 1. The number of rotatable bonds is 4. The summed E-state index contributed by atoms with van der Waals surface area (Å²) in [5.41, 5.74) is 3.54. The van der Waals surface area contributed by atoms with E-state index in [0.29, 0.717) is 31.8 Å². The molecule has 1 fully saturated rings. The van der Waals surface area contributed by atoms with Gasteiger partial charge in [0.05, 0.1) is 0 Å². The zero-order chi connectivity index (χ0) is 19.0. The van der Waals surface area contributed by atoms with Crippen molar-refractivity contribution in [3.05, 3.63) is 65.2 Å². The predicted molar refractivity (Wildman–Crippen MR) is 106 cm³/mol. The van der Waals surface area contributed by atoms with E-state index in [1.165, 1.54) is 11.1 Å². The molecule has 1 aliphatic heterocycles. The highest BCUT2D eigenvalue weighted by Gasteiger charge is 2.58. The van der Waals surface area contributed by atoms with Crippen molar-refractivity contribution in [3.63, 3.8) is 0 Å². The van der Waals surface area contributed by atoms with Crippen LogP contribution in [0.1, 0.15) is 49.3 Å². The number of carbonyl (C=O) groups excluding carboxylic acids is 2. The van der Waals surface area contributed by atoms with Crippen LogP contribution in [0.3, 0.4) is 0 Å². The van der Waals surface area contributed by atoms with Crippen molar-refractivity contribution >= 4 is 17.5 Å². The molecule has 2 aromatic carbocycles. The molecule has 0 spiro atoms. The Labute approximate surface area is 160 Å². The molecular weight excluding hydrogens is 336 g/mol. The molecule has 0 unspecified atom stereocenters. The third-order valence-corrected chi connectivity index (χ3v) is 5.84.